The number of methoxy groups -OCH3 is 3. The molecule has 4 fully saturated rings. The predicted octanol–water partition coefficient (Wildman–Crippen LogP) is 14.5. The smallest absolute Gasteiger partial charge is 0.303 e. The van der Waals surface area contributed by atoms with Gasteiger partial charge in [-0.05, 0) is 172 Å². The topological polar surface area (TPSA) is 323 Å². The third-order valence-corrected chi connectivity index (χ3v) is 24.5. The quantitative estimate of drug-likeness (QED) is 0.0340. The number of rotatable bonds is 31. The number of carbonyl (C=O) groups is 8. The predicted molar refractivity (Wildman–Crippen MR) is 473 cm³/mol. The maximum Gasteiger partial charge on any atom is 0.303 e. The van der Waals surface area contributed by atoms with E-state index in [1.165, 1.54) is 27.5 Å². The number of likely N-dealkylation sites (N-methyl/N-ethyl adjacent to an activating group) is 1. The Morgan fingerprint density at radius 3 is 2.11 bits per heavy atom. The van der Waals surface area contributed by atoms with Crippen LogP contribution in [0.2, 0.25) is 5.02 Å². The van der Waals surface area contributed by atoms with Crippen molar-refractivity contribution in [3.63, 3.8) is 0 Å². The summed E-state index contributed by atoms with van der Waals surface area (Å²) in [4.78, 5) is 123. The van der Waals surface area contributed by atoms with Gasteiger partial charge in [0, 0.05) is 142 Å². The van der Waals surface area contributed by atoms with Crippen LogP contribution in [0.5, 0.6) is 34.6 Å². The molecule has 6 aromatic carbocycles. The van der Waals surface area contributed by atoms with Crippen molar-refractivity contribution in [1.29, 1.82) is 0 Å². The molecule has 0 spiro atoms. The summed E-state index contributed by atoms with van der Waals surface area (Å²) in [5.74, 6) is 1.56. The molecule has 0 bridgehead atoms. The standard InChI is InChI=1S/C37H46N4O4.C33H41ClN2O9.C24H24N4O5S/c1-4-17-39-18-20-40(21-19-39)37(44)35(29-15-22-45-23-16-29)28-11-9-27(10-12-28)24-41-32-8-6-5-7-31(32)34-25(2)30(13-14-33(42)43)26(3)38-36(34)41;1-20(37)44-19-33(2,3)18-36-25-10-9-22(34)16-24(25)30(23-7-6-8-26(42-4)31(23)43-5)45-27(32(36)41)17-28(38)35-13-11-21(12-14-35)15-29(39)40;1-28(21-14-22(26-15-25-21)33-19-9-7-17(31-2)8-10-19)11-12-32-18-5-3-16(4-6-18)13-20-23(29)27-24(30)34-20/h5-12,29,35H,4,13-24H2,1-3H3,(H,42,43);6-10,16,21,27,30H,11-15,17-19H2,1-5H3,(H,39,40);3-10,14-15,20H,11-13H2,1-2H3,(H,27,29,30)/t35-;27-,30-;/m11./s1. The molecule has 0 aliphatic carbocycles. The zero-order valence-electron chi connectivity index (χ0n) is 72.0. The van der Waals surface area contributed by atoms with E-state index in [1.807, 2.05) is 93.4 Å². The van der Waals surface area contributed by atoms with Gasteiger partial charge in [-0.2, -0.15) is 0 Å². The number of piperidine rings is 1. The summed E-state index contributed by atoms with van der Waals surface area (Å²) in [6.07, 6.45) is 4.40. The molecule has 0 radical (unpaired) electrons. The van der Waals surface area contributed by atoms with E-state index in [2.05, 4.69) is 86.0 Å². The number of thioether (sulfide) groups is 1. The van der Waals surface area contributed by atoms with E-state index >= 15 is 0 Å². The number of para-hydroxylation sites is 2. The summed E-state index contributed by atoms with van der Waals surface area (Å²) in [5.41, 5.74) is 9.33. The number of nitrogens with zero attached hydrogens (tertiary/aromatic N) is 9. The second-order valence-electron chi connectivity index (χ2n) is 32.6. The number of hydrogen-bond acceptors (Lipinski definition) is 22. The Kier molecular flexibility index (Phi) is 31.7. The fourth-order valence-corrected chi connectivity index (χ4v) is 17.8. The largest absolute Gasteiger partial charge is 0.497 e. The zero-order chi connectivity index (χ0) is 88.3. The summed E-state index contributed by atoms with van der Waals surface area (Å²) in [7, 11) is 6.57. The molecule has 14 rings (SSSR count). The molecule has 8 heterocycles. The molecule has 28 nitrogen and oxygen atoms in total. The Balaban J connectivity index is 0.000000172. The number of esters is 1. The molecule has 1 unspecified atom stereocenters. The van der Waals surface area contributed by atoms with Gasteiger partial charge < -0.3 is 72.3 Å². The van der Waals surface area contributed by atoms with E-state index in [1.54, 1.807) is 53.3 Å². The number of fused-ring (bicyclic) bond motifs is 4. The van der Waals surface area contributed by atoms with Crippen LogP contribution in [-0.4, -0.2) is 216 Å². The van der Waals surface area contributed by atoms with E-state index in [4.69, 9.17) is 54.5 Å². The van der Waals surface area contributed by atoms with Crippen LogP contribution in [0.1, 0.15) is 136 Å². The number of piperazine rings is 1. The van der Waals surface area contributed by atoms with E-state index in [0.29, 0.717) is 122 Å². The van der Waals surface area contributed by atoms with E-state index in [9.17, 15) is 48.6 Å². The number of aromatic nitrogens is 4. The first-order valence-corrected chi connectivity index (χ1v) is 43.4. The summed E-state index contributed by atoms with van der Waals surface area (Å²) in [6.45, 7) is 20.1. The number of halogens is 1. The van der Waals surface area contributed by atoms with Crippen molar-refractivity contribution in [3.05, 3.63) is 196 Å². The minimum absolute atomic E-state index is 0.00131. The van der Waals surface area contributed by atoms with Crippen LogP contribution in [0.25, 0.3) is 21.9 Å². The number of likely N-dealkylation sites (tertiary alicyclic amines) is 1. The number of aliphatic carboxylic acids is 2. The van der Waals surface area contributed by atoms with Crippen molar-refractivity contribution < 1.29 is 86.5 Å². The van der Waals surface area contributed by atoms with Crippen molar-refractivity contribution in [1.82, 2.24) is 39.5 Å². The van der Waals surface area contributed by atoms with Crippen molar-refractivity contribution in [2.75, 3.05) is 124 Å². The number of aryl methyl sites for hydroxylation is 2. The lowest BCUT2D eigenvalue weighted by Crippen LogP contribution is -2.51. The first-order chi connectivity index (χ1) is 59.7. The zero-order valence-corrected chi connectivity index (χ0v) is 73.6. The van der Waals surface area contributed by atoms with Crippen LogP contribution in [0, 0.1) is 31.1 Å². The maximum atomic E-state index is 14.4. The first kappa shape index (κ1) is 91.8. The van der Waals surface area contributed by atoms with Crippen molar-refractivity contribution in [2.24, 2.45) is 17.3 Å². The lowest BCUT2D eigenvalue weighted by molar-refractivity contribution is -0.145. The van der Waals surface area contributed by atoms with Crippen LogP contribution in [-0.2, 0) is 67.2 Å². The summed E-state index contributed by atoms with van der Waals surface area (Å²) >= 11 is 7.54. The second kappa shape index (κ2) is 42.8. The minimum atomic E-state index is -1.19. The molecule has 4 atom stereocenters. The molecular formula is C94H111ClN10O18S. The molecule has 30 heteroatoms. The second-order valence-corrected chi connectivity index (χ2v) is 34.2. The van der Waals surface area contributed by atoms with Gasteiger partial charge in [-0.1, -0.05) is 111 Å². The molecule has 4 saturated heterocycles. The average molecular weight is 1740 g/mol. The molecule has 5 aliphatic heterocycles. The van der Waals surface area contributed by atoms with E-state index in [-0.39, 0.29) is 78.4 Å². The van der Waals surface area contributed by atoms with Gasteiger partial charge in [0.15, 0.2) is 11.5 Å². The number of carboxylic acid groups (broad SMARTS) is 2. The van der Waals surface area contributed by atoms with Gasteiger partial charge >= 0.3 is 17.9 Å². The van der Waals surface area contributed by atoms with Crippen LogP contribution < -0.4 is 38.8 Å². The number of carboxylic acids is 2. The highest BCUT2D eigenvalue weighted by Gasteiger charge is 2.43. The Hall–Kier alpha value is -11.4. The molecule has 5 aliphatic rings. The number of pyridine rings is 1. The fraction of sp³-hybridized carbons (Fsp3) is 0.436. The summed E-state index contributed by atoms with van der Waals surface area (Å²) in [6, 6.07) is 44.1. The molecule has 3 aromatic heterocycles. The van der Waals surface area contributed by atoms with Crippen molar-refractivity contribution in [2.45, 2.75) is 136 Å². The van der Waals surface area contributed by atoms with Gasteiger partial charge in [0.25, 0.3) is 11.1 Å². The van der Waals surface area contributed by atoms with Gasteiger partial charge in [0.2, 0.25) is 23.6 Å². The summed E-state index contributed by atoms with van der Waals surface area (Å²) in [5, 5.41) is 22.8. The van der Waals surface area contributed by atoms with Crippen LogP contribution >= 0.6 is 23.4 Å². The van der Waals surface area contributed by atoms with Crippen LogP contribution in [0.3, 0.4) is 0 Å². The third kappa shape index (κ3) is 23.5. The molecule has 0 saturated carbocycles. The van der Waals surface area contributed by atoms with Crippen LogP contribution in [0.4, 0.5) is 16.3 Å². The molecule has 3 N–H and O–H groups in total. The summed E-state index contributed by atoms with van der Waals surface area (Å²) < 4.78 is 48.0. The lowest BCUT2D eigenvalue weighted by Gasteiger charge is -2.39. The lowest BCUT2D eigenvalue weighted by atomic mass is 9.80. The molecule has 124 heavy (non-hydrogen) atoms. The van der Waals surface area contributed by atoms with Gasteiger partial charge in [0.1, 0.15) is 53.9 Å². The number of amides is 5. The highest BCUT2D eigenvalue weighted by molar-refractivity contribution is 8.15. The minimum Gasteiger partial charge on any atom is -0.497 e. The van der Waals surface area contributed by atoms with Crippen molar-refractivity contribution in [3.8, 4) is 34.6 Å². The van der Waals surface area contributed by atoms with Gasteiger partial charge in [-0.3, -0.25) is 48.6 Å². The average Bonchev–Trinajstić information content (AvgIpc) is 1.58. The SMILES string of the molecule is CCCN1CCN(C(=O)[C@H](c2ccc(Cn3c4ccccc4c4c(C)c(CCC(=O)O)c(C)nc43)cc2)C2CCOCC2)CC1.COc1ccc(Oc2cc(N(C)CCOc3ccc(CC4SC(=O)NC4=O)cc3)ncn2)cc1.COc1cccc([C@H]2O[C@H](CC(=O)N3CCC(CC(=O)O)CC3)C(=O)N(CC(C)(C)COC(C)=O)c3ccc(Cl)cc32)c1OC. The monoisotopic (exact) mass is 1730 g/mol. The number of imide groups is 1. The molecule has 5 amide bonds. The first-order valence-electron chi connectivity index (χ1n) is 42.1. The number of anilines is 2. The van der Waals surface area contributed by atoms with Gasteiger partial charge in [-0.25, -0.2) is 15.0 Å². The number of carbonyl (C=O) groups excluding carboxylic acids is 6. The van der Waals surface area contributed by atoms with E-state index < -0.39 is 41.4 Å². The van der Waals surface area contributed by atoms with E-state index in [0.717, 1.165) is 131 Å². The number of benzene rings is 6. The maximum absolute atomic E-state index is 14.4. The number of hydrogen-bond donors (Lipinski definition) is 3. The third-order valence-electron chi connectivity index (χ3n) is 23.2. The number of ether oxygens (including phenoxy) is 8. The Morgan fingerprint density at radius 1 is 0.750 bits per heavy atom. The molecule has 658 valence electrons. The van der Waals surface area contributed by atoms with Gasteiger partial charge in [-0.15, -0.1) is 0 Å². The number of nitrogens with one attached hydrogen (secondary N) is 1. The van der Waals surface area contributed by atoms with Gasteiger partial charge in [0.05, 0.1) is 57.6 Å². The Bertz CT molecular complexity index is 5250. The highest BCUT2D eigenvalue weighted by Crippen LogP contribution is 2.47. The normalized spacial score (nSPS) is 17.3. The highest BCUT2D eigenvalue weighted by atomic mass is 35.5. The molecule has 9 aromatic rings. The Morgan fingerprint density at radius 2 is 1.45 bits per heavy atom. The van der Waals surface area contributed by atoms with Crippen molar-refractivity contribution >= 4 is 104 Å². The fourth-order valence-electron chi connectivity index (χ4n) is 16.7. The Labute approximate surface area is 732 Å². The molecular weight excluding hydrogens is 1620 g/mol. The van der Waals surface area contributed by atoms with Crippen LogP contribution in [0.15, 0.2) is 146 Å².